The first-order chi connectivity index (χ1) is 12.6. The summed E-state index contributed by atoms with van der Waals surface area (Å²) in [7, 11) is 0. The van der Waals surface area contributed by atoms with E-state index in [0.29, 0.717) is 25.2 Å². The maximum absolute atomic E-state index is 12.6. The smallest absolute Gasteiger partial charge is 0.322 e. The van der Waals surface area contributed by atoms with Gasteiger partial charge in [-0.2, -0.15) is 0 Å². The number of nitrogens with zero attached hydrogens (tertiary/aromatic N) is 2. The largest absolute Gasteiger partial charge is 0.346 e. The van der Waals surface area contributed by atoms with Crippen molar-refractivity contribution in [1.29, 1.82) is 0 Å². The van der Waals surface area contributed by atoms with E-state index >= 15 is 0 Å². The number of fused-ring (bicyclic) bond motifs is 1. The molecule has 4 rings (SSSR count). The number of aryl methyl sites for hydroxylation is 3. The minimum atomic E-state index is -0.140. The lowest BCUT2D eigenvalue weighted by molar-refractivity contribution is 0.0951. The first-order valence-electron chi connectivity index (χ1n) is 9.03. The highest BCUT2D eigenvalue weighted by Gasteiger charge is 2.23. The Morgan fingerprint density at radius 3 is 2.96 bits per heavy atom. The Morgan fingerprint density at radius 1 is 1.35 bits per heavy atom. The summed E-state index contributed by atoms with van der Waals surface area (Å²) in [6, 6.07) is 5.37. The predicted molar refractivity (Wildman–Crippen MR) is 102 cm³/mol. The highest BCUT2D eigenvalue weighted by molar-refractivity contribution is 7.11. The van der Waals surface area contributed by atoms with Crippen molar-refractivity contribution in [2.75, 3.05) is 18.0 Å². The highest BCUT2D eigenvalue weighted by atomic mass is 32.1. The van der Waals surface area contributed by atoms with Crippen molar-refractivity contribution in [1.82, 2.24) is 15.6 Å². The molecule has 2 aromatic rings. The van der Waals surface area contributed by atoms with Gasteiger partial charge in [-0.3, -0.25) is 9.69 Å². The quantitative estimate of drug-likeness (QED) is 0.869. The fraction of sp³-hybridized carbons (Fsp3) is 0.421. The van der Waals surface area contributed by atoms with Crippen LogP contribution in [0.15, 0.2) is 18.2 Å². The predicted octanol–water partition coefficient (Wildman–Crippen LogP) is 2.79. The molecule has 26 heavy (non-hydrogen) atoms. The van der Waals surface area contributed by atoms with Gasteiger partial charge in [0.25, 0.3) is 5.91 Å². The lowest BCUT2D eigenvalue weighted by atomic mass is 10.0. The Labute approximate surface area is 156 Å². The van der Waals surface area contributed by atoms with Crippen LogP contribution >= 0.6 is 11.3 Å². The van der Waals surface area contributed by atoms with Gasteiger partial charge in [-0.05, 0) is 50.3 Å². The Morgan fingerprint density at radius 2 is 2.19 bits per heavy atom. The highest BCUT2D eigenvalue weighted by Crippen LogP contribution is 2.27. The number of aromatic nitrogens is 1. The van der Waals surface area contributed by atoms with E-state index in [4.69, 9.17) is 0 Å². The van der Waals surface area contributed by atoms with Gasteiger partial charge in [0.1, 0.15) is 5.01 Å². The van der Waals surface area contributed by atoms with Crippen molar-refractivity contribution in [2.45, 2.75) is 39.2 Å². The van der Waals surface area contributed by atoms with Gasteiger partial charge in [0.05, 0.1) is 12.2 Å². The molecule has 1 aliphatic heterocycles. The topological polar surface area (TPSA) is 74.3 Å². The SMILES string of the molecule is Cc1ccc(C(=O)NCc2nc3c(s2)CCCC3)cc1N1CCNC1=O. The number of urea groups is 1. The average molecular weight is 370 g/mol. The number of anilines is 1. The van der Waals surface area contributed by atoms with E-state index in [1.54, 1.807) is 28.4 Å². The Bertz CT molecular complexity index is 838. The molecule has 0 saturated carbocycles. The summed E-state index contributed by atoms with van der Waals surface area (Å²) in [5.74, 6) is -0.140. The number of amides is 3. The number of hydrogen-bond donors (Lipinski definition) is 2. The summed E-state index contributed by atoms with van der Waals surface area (Å²) < 4.78 is 0. The standard InChI is InChI=1S/C19H22N4O2S/c1-12-6-7-13(10-15(12)23-9-8-20-19(23)25)18(24)21-11-17-22-14-4-2-3-5-16(14)26-17/h6-7,10H,2-5,8-9,11H2,1H3,(H,20,25)(H,21,24). The van der Waals surface area contributed by atoms with E-state index in [-0.39, 0.29) is 11.9 Å². The molecule has 1 aromatic heterocycles. The molecule has 0 atom stereocenters. The van der Waals surface area contributed by atoms with Crippen LogP contribution in [0.25, 0.3) is 0 Å². The molecule has 1 saturated heterocycles. The number of benzene rings is 1. The zero-order valence-electron chi connectivity index (χ0n) is 14.8. The van der Waals surface area contributed by atoms with E-state index in [0.717, 1.165) is 29.1 Å². The lowest BCUT2D eigenvalue weighted by Crippen LogP contribution is -2.29. The van der Waals surface area contributed by atoms with Gasteiger partial charge in [-0.1, -0.05) is 6.07 Å². The summed E-state index contributed by atoms with van der Waals surface area (Å²) in [4.78, 5) is 32.2. The van der Waals surface area contributed by atoms with E-state index in [2.05, 4.69) is 15.6 Å². The molecule has 1 aliphatic carbocycles. The Kier molecular flexibility index (Phi) is 4.63. The van der Waals surface area contributed by atoms with Gasteiger partial charge >= 0.3 is 6.03 Å². The molecule has 0 spiro atoms. The molecular formula is C19H22N4O2S. The van der Waals surface area contributed by atoms with Crippen LogP contribution < -0.4 is 15.5 Å². The number of carbonyl (C=O) groups excluding carboxylic acids is 2. The first-order valence-corrected chi connectivity index (χ1v) is 9.85. The lowest BCUT2D eigenvalue weighted by Gasteiger charge is -2.18. The monoisotopic (exact) mass is 370 g/mol. The second-order valence-corrected chi connectivity index (χ2v) is 7.92. The third kappa shape index (κ3) is 3.31. The molecule has 136 valence electrons. The molecule has 1 aromatic carbocycles. The van der Waals surface area contributed by atoms with Crippen LogP contribution in [-0.2, 0) is 19.4 Å². The Hall–Kier alpha value is -2.41. The maximum atomic E-state index is 12.6. The van der Waals surface area contributed by atoms with E-state index in [9.17, 15) is 9.59 Å². The number of thiazole rings is 1. The van der Waals surface area contributed by atoms with Gasteiger partial charge in [-0.15, -0.1) is 11.3 Å². The minimum Gasteiger partial charge on any atom is -0.346 e. The average Bonchev–Trinajstić information content (AvgIpc) is 3.25. The maximum Gasteiger partial charge on any atom is 0.322 e. The molecule has 7 heteroatoms. The van der Waals surface area contributed by atoms with E-state index in [1.807, 2.05) is 13.0 Å². The minimum absolute atomic E-state index is 0.112. The summed E-state index contributed by atoms with van der Waals surface area (Å²) in [5, 5.41) is 6.73. The fourth-order valence-electron chi connectivity index (χ4n) is 3.48. The van der Waals surface area contributed by atoms with Gasteiger partial charge in [0.15, 0.2) is 0 Å². The summed E-state index contributed by atoms with van der Waals surface area (Å²) in [6.07, 6.45) is 4.61. The van der Waals surface area contributed by atoms with Gasteiger partial charge in [0, 0.05) is 29.2 Å². The second kappa shape index (κ2) is 7.07. The Balaban J connectivity index is 1.46. The number of rotatable bonds is 4. The zero-order chi connectivity index (χ0) is 18.1. The van der Waals surface area contributed by atoms with Crippen LogP contribution in [0.3, 0.4) is 0 Å². The van der Waals surface area contributed by atoms with Gasteiger partial charge < -0.3 is 10.6 Å². The van der Waals surface area contributed by atoms with Crippen molar-refractivity contribution in [3.05, 3.63) is 44.9 Å². The summed E-state index contributed by atoms with van der Waals surface area (Å²) >= 11 is 1.71. The molecule has 1 fully saturated rings. The van der Waals surface area contributed by atoms with Crippen molar-refractivity contribution >= 4 is 29.0 Å². The molecule has 0 radical (unpaired) electrons. The molecular weight excluding hydrogens is 348 g/mol. The fourth-order valence-corrected chi connectivity index (χ4v) is 4.58. The molecule has 0 unspecified atom stereocenters. The third-order valence-corrected chi connectivity index (χ3v) is 6.07. The molecule has 2 N–H and O–H groups in total. The normalized spacial score (nSPS) is 16.3. The van der Waals surface area contributed by atoms with E-state index < -0.39 is 0 Å². The van der Waals surface area contributed by atoms with E-state index in [1.165, 1.54) is 23.4 Å². The van der Waals surface area contributed by atoms with Crippen molar-refractivity contribution < 1.29 is 9.59 Å². The van der Waals surface area contributed by atoms with Crippen LogP contribution in [0, 0.1) is 6.92 Å². The van der Waals surface area contributed by atoms with Crippen LogP contribution in [0.4, 0.5) is 10.5 Å². The van der Waals surface area contributed by atoms with Crippen LogP contribution in [0.5, 0.6) is 0 Å². The number of hydrogen-bond acceptors (Lipinski definition) is 4. The number of carbonyl (C=O) groups is 2. The molecule has 0 bridgehead atoms. The van der Waals surface area contributed by atoms with Crippen LogP contribution in [0.2, 0.25) is 0 Å². The molecule has 2 heterocycles. The van der Waals surface area contributed by atoms with Crippen molar-refractivity contribution in [3.8, 4) is 0 Å². The van der Waals surface area contributed by atoms with Crippen LogP contribution in [0.1, 0.15) is 44.3 Å². The molecule has 3 amide bonds. The third-order valence-electron chi connectivity index (χ3n) is 4.91. The van der Waals surface area contributed by atoms with Gasteiger partial charge in [-0.25, -0.2) is 9.78 Å². The zero-order valence-corrected chi connectivity index (χ0v) is 15.6. The van der Waals surface area contributed by atoms with Crippen LogP contribution in [-0.4, -0.2) is 30.0 Å². The van der Waals surface area contributed by atoms with Crippen molar-refractivity contribution in [3.63, 3.8) is 0 Å². The first kappa shape index (κ1) is 17.0. The summed E-state index contributed by atoms with van der Waals surface area (Å²) in [6.45, 7) is 3.64. The molecule has 6 nitrogen and oxygen atoms in total. The van der Waals surface area contributed by atoms with Crippen molar-refractivity contribution in [2.24, 2.45) is 0 Å². The second-order valence-electron chi connectivity index (χ2n) is 6.75. The summed E-state index contributed by atoms with van der Waals surface area (Å²) in [5.41, 5.74) is 3.54. The molecule has 2 aliphatic rings. The number of nitrogens with one attached hydrogen (secondary N) is 2. The van der Waals surface area contributed by atoms with Gasteiger partial charge in [0.2, 0.25) is 0 Å².